The van der Waals surface area contributed by atoms with Crippen molar-refractivity contribution in [1.29, 1.82) is 0 Å². The Kier molecular flexibility index (Phi) is 3.82. The summed E-state index contributed by atoms with van der Waals surface area (Å²) in [5, 5.41) is 0.625. The fourth-order valence-electron chi connectivity index (χ4n) is 2.26. The van der Waals surface area contributed by atoms with Gasteiger partial charge in [0.15, 0.2) is 5.70 Å². The zero-order chi connectivity index (χ0) is 15.7. The van der Waals surface area contributed by atoms with Gasteiger partial charge in [-0.25, -0.2) is 9.79 Å². The summed E-state index contributed by atoms with van der Waals surface area (Å²) in [7, 11) is 0. The summed E-state index contributed by atoms with van der Waals surface area (Å²) in [4.78, 5) is 16.3. The predicted octanol–water partition coefficient (Wildman–Crippen LogP) is 4.30. The molecular formula is C18H14ClNO2. The van der Waals surface area contributed by atoms with E-state index in [0.29, 0.717) is 16.6 Å². The molecule has 2 aromatic carbocycles. The highest BCUT2D eigenvalue weighted by molar-refractivity contribution is 6.30. The third kappa shape index (κ3) is 2.95. The Labute approximate surface area is 133 Å². The molecule has 3 nitrogen and oxygen atoms in total. The standard InChI is InChI=1S/C18H14ClNO2/c1-11-3-4-14(12(2)9-11)10-16-18(21)22-17(20-16)13-5-7-15(19)8-6-13/h3-10H,1-2H3/b16-10-. The van der Waals surface area contributed by atoms with Crippen LogP contribution in [-0.4, -0.2) is 11.9 Å². The van der Waals surface area contributed by atoms with Crippen LogP contribution in [0.5, 0.6) is 0 Å². The van der Waals surface area contributed by atoms with Crippen molar-refractivity contribution < 1.29 is 9.53 Å². The number of carbonyl (C=O) groups is 1. The van der Waals surface area contributed by atoms with Crippen LogP contribution in [0.2, 0.25) is 5.02 Å². The molecule has 0 amide bonds. The van der Waals surface area contributed by atoms with Gasteiger partial charge in [0.2, 0.25) is 5.90 Å². The number of esters is 1. The number of halogens is 1. The quantitative estimate of drug-likeness (QED) is 0.612. The van der Waals surface area contributed by atoms with Crippen molar-refractivity contribution >= 4 is 29.5 Å². The second-order valence-electron chi connectivity index (χ2n) is 5.20. The lowest BCUT2D eigenvalue weighted by molar-refractivity contribution is -0.129. The van der Waals surface area contributed by atoms with Crippen molar-refractivity contribution in [1.82, 2.24) is 0 Å². The van der Waals surface area contributed by atoms with Crippen molar-refractivity contribution in [2.45, 2.75) is 13.8 Å². The van der Waals surface area contributed by atoms with E-state index in [1.54, 1.807) is 30.3 Å². The molecule has 1 aliphatic heterocycles. The molecule has 0 fully saturated rings. The molecule has 0 saturated carbocycles. The highest BCUT2D eigenvalue weighted by Crippen LogP contribution is 2.22. The SMILES string of the molecule is Cc1ccc(/C=C2\N=C(c3ccc(Cl)cc3)OC2=O)c(C)c1. The second kappa shape index (κ2) is 5.78. The smallest absolute Gasteiger partial charge is 0.363 e. The maximum atomic E-state index is 12.0. The van der Waals surface area contributed by atoms with Crippen LogP contribution in [0.1, 0.15) is 22.3 Å². The second-order valence-corrected chi connectivity index (χ2v) is 5.64. The fourth-order valence-corrected chi connectivity index (χ4v) is 2.39. The number of aryl methyl sites for hydroxylation is 2. The largest absolute Gasteiger partial charge is 0.402 e. The maximum absolute atomic E-state index is 12.0. The number of aliphatic imine (C=N–C) groups is 1. The van der Waals surface area contributed by atoms with E-state index in [1.807, 2.05) is 26.0 Å². The van der Waals surface area contributed by atoms with E-state index in [-0.39, 0.29) is 0 Å². The van der Waals surface area contributed by atoms with Gasteiger partial charge in [0.05, 0.1) is 0 Å². The molecule has 0 unspecified atom stereocenters. The van der Waals surface area contributed by atoms with E-state index >= 15 is 0 Å². The van der Waals surface area contributed by atoms with E-state index in [1.165, 1.54) is 5.56 Å². The topological polar surface area (TPSA) is 38.7 Å². The van der Waals surface area contributed by atoms with Crippen LogP contribution in [0.3, 0.4) is 0 Å². The Hall–Kier alpha value is -2.39. The lowest BCUT2D eigenvalue weighted by atomic mass is 10.0. The van der Waals surface area contributed by atoms with Crippen molar-refractivity contribution in [3.8, 4) is 0 Å². The molecule has 0 bridgehead atoms. The molecule has 0 saturated heterocycles. The highest BCUT2D eigenvalue weighted by atomic mass is 35.5. The Morgan fingerprint density at radius 3 is 2.50 bits per heavy atom. The number of cyclic esters (lactones) is 1. The minimum atomic E-state index is -0.440. The van der Waals surface area contributed by atoms with Crippen molar-refractivity contribution in [3.63, 3.8) is 0 Å². The average Bonchev–Trinajstić information content (AvgIpc) is 2.84. The monoisotopic (exact) mass is 311 g/mol. The molecule has 0 aromatic heterocycles. The van der Waals surface area contributed by atoms with Gasteiger partial charge in [-0.15, -0.1) is 0 Å². The fraction of sp³-hybridized carbons (Fsp3) is 0.111. The van der Waals surface area contributed by atoms with Crippen LogP contribution in [-0.2, 0) is 9.53 Å². The van der Waals surface area contributed by atoms with Gasteiger partial charge in [0.25, 0.3) is 0 Å². The summed E-state index contributed by atoms with van der Waals surface area (Å²) < 4.78 is 5.24. The molecule has 1 aliphatic rings. The lowest BCUT2D eigenvalue weighted by Crippen LogP contribution is -2.05. The highest BCUT2D eigenvalue weighted by Gasteiger charge is 2.24. The van der Waals surface area contributed by atoms with E-state index in [9.17, 15) is 4.79 Å². The van der Waals surface area contributed by atoms with Crippen molar-refractivity contribution in [2.75, 3.05) is 0 Å². The molecule has 0 N–H and O–H groups in total. The zero-order valence-electron chi connectivity index (χ0n) is 12.3. The summed E-state index contributed by atoms with van der Waals surface area (Å²) in [5.74, 6) is -0.136. The molecule has 4 heteroatoms. The first kappa shape index (κ1) is 14.5. The molecule has 0 atom stereocenters. The van der Waals surface area contributed by atoms with Crippen molar-refractivity contribution in [2.24, 2.45) is 4.99 Å². The number of nitrogens with zero attached hydrogens (tertiary/aromatic N) is 1. The Balaban J connectivity index is 1.95. The van der Waals surface area contributed by atoms with Crippen molar-refractivity contribution in [3.05, 3.63) is 75.4 Å². The Morgan fingerprint density at radius 2 is 1.82 bits per heavy atom. The van der Waals surface area contributed by atoms with Gasteiger partial charge in [0.1, 0.15) is 0 Å². The number of rotatable bonds is 2. The summed E-state index contributed by atoms with van der Waals surface area (Å²) in [6.45, 7) is 4.04. The molecule has 0 spiro atoms. The molecule has 0 radical (unpaired) electrons. The van der Waals surface area contributed by atoms with E-state index in [4.69, 9.17) is 16.3 Å². The first-order valence-corrected chi connectivity index (χ1v) is 7.26. The summed E-state index contributed by atoms with van der Waals surface area (Å²) in [6.07, 6.45) is 1.75. The van der Waals surface area contributed by atoms with Gasteiger partial charge in [-0.3, -0.25) is 0 Å². The van der Waals surface area contributed by atoms with Crippen LogP contribution < -0.4 is 0 Å². The van der Waals surface area contributed by atoms with Gasteiger partial charge in [0, 0.05) is 10.6 Å². The van der Waals surface area contributed by atoms with Gasteiger partial charge >= 0.3 is 5.97 Å². The van der Waals surface area contributed by atoms with Crippen LogP contribution in [0, 0.1) is 13.8 Å². The minimum Gasteiger partial charge on any atom is -0.402 e. The van der Waals surface area contributed by atoms with E-state index in [2.05, 4.69) is 11.1 Å². The van der Waals surface area contributed by atoms with Gasteiger partial charge in [-0.05, 0) is 55.3 Å². The number of hydrogen-bond acceptors (Lipinski definition) is 3. The first-order chi connectivity index (χ1) is 10.5. The third-order valence-electron chi connectivity index (χ3n) is 3.43. The van der Waals surface area contributed by atoms with Crippen LogP contribution >= 0.6 is 11.6 Å². The Bertz CT molecular complexity index is 804. The molecule has 3 rings (SSSR count). The van der Waals surface area contributed by atoms with Gasteiger partial charge in [-0.1, -0.05) is 35.4 Å². The normalized spacial score (nSPS) is 15.9. The first-order valence-electron chi connectivity index (χ1n) is 6.89. The van der Waals surface area contributed by atoms with Gasteiger partial charge in [-0.2, -0.15) is 0 Å². The average molecular weight is 312 g/mol. The van der Waals surface area contributed by atoms with E-state index < -0.39 is 5.97 Å². The summed E-state index contributed by atoms with van der Waals surface area (Å²) in [6, 6.07) is 13.1. The third-order valence-corrected chi connectivity index (χ3v) is 3.68. The molecule has 1 heterocycles. The molecular weight excluding hydrogens is 298 g/mol. The van der Waals surface area contributed by atoms with Crippen LogP contribution in [0.4, 0.5) is 0 Å². The molecule has 22 heavy (non-hydrogen) atoms. The molecule has 2 aromatic rings. The number of hydrogen-bond donors (Lipinski definition) is 0. The maximum Gasteiger partial charge on any atom is 0.363 e. The van der Waals surface area contributed by atoms with E-state index in [0.717, 1.165) is 16.7 Å². The Morgan fingerprint density at radius 1 is 1.09 bits per heavy atom. The number of ether oxygens (including phenoxy) is 1. The number of benzene rings is 2. The molecule has 110 valence electrons. The number of carbonyl (C=O) groups excluding carboxylic acids is 1. The lowest BCUT2D eigenvalue weighted by Gasteiger charge is -2.01. The van der Waals surface area contributed by atoms with Gasteiger partial charge < -0.3 is 4.74 Å². The van der Waals surface area contributed by atoms with Crippen LogP contribution in [0.15, 0.2) is 53.2 Å². The minimum absolute atomic E-state index is 0.303. The van der Waals surface area contributed by atoms with Crippen LogP contribution in [0.25, 0.3) is 6.08 Å². The predicted molar refractivity (Wildman–Crippen MR) is 88.0 cm³/mol. The molecule has 0 aliphatic carbocycles. The zero-order valence-corrected chi connectivity index (χ0v) is 13.0. The summed E-state index contributed by atoms with van der Waals surface area (Å²) in [5.41, 5.74) is 4.26. The summed E-state index contributed by atoms with van der Waals surface area (Å²) >= 11 is 5.85.